The molecule has 0 saturated carbocycles. The lowest BCUT2D eigenvalue weighted by Crippen LogP contribution is -2.51. The number of methoxy groups -OCH3 is 1. The van der Waals surface area contributed by atoms with Crippen molar-refractivity contribution in [3.8, 4) is 41.2 Å². The van der Waals surface area contributed by atoms with E-state index in [0.717, 1.165) is 45.2 Å². The molecule has 0 amide bonds. The fourth-order valence-corrected chi connectivity index (χ4v) is 8.09. The lowest BCUT2D eigenvalue weighted by Gasteiger charge is -2.34. The number of pyridine rings is 1. The number of phenolic OH excluding ortho intramolecular Hbond substituents is 1. The van der Waals surface area contributed by atoms with Crippen LogP contribution in [0.4, 0.5) is 14.6 Å². The van der Waals surface area contributed by atoms with Crippen LogP contribution in [0, 0.1) is 24.0 Å². The molecule has 236 valence electrons. The first-order valence-electron chi connectivity index (χ1n) is 15.7. The first-order chi connectivity index (χ1) is 22.3. The number of piperazine rings is 1. The Bertz CT molecular complexity index is 1970. The highest BCUT2D eigenvalue weighted by molar-refractivity contribution is 6.04. The van der Waals surface area contributed by atoms with E-state index in [9.17, 15) is 9.50 Å². The quantitative estimate of drug-likeness (QED) is 0.229. The molecule has 11 heteroatoms. The molecule has 6 heterocycles. The number of phenols is 1. The molecule has 0 spiro atoms. The molecule has 3 unspecified atom stereocenters. The summed E-state index contributed by atoms with van der Waals surface area (Å²) >= 11 is 0. The Balaban J connectivity index is 1.33. The number of hydrogen-bond acceptors (Lipinski definition) is 9. The van der Waals surface area contributed by atoms with Gasteiger partial charge >= 0.3 is 6.01 Å². The summed E-state index contributed by atoms with van der Waals surface area (Å²) in [4.78, 5) is 18.7. The average molecular weight is 625 g/mol. The van der Waals surface area contributed by atoms with Crippen LogP contribution in [0.15, 0.2) is 36.4 Å². The van der Waals surface area contributed by atoms with Gasteiger partial charge in [-0.15, -0.1) is 6.42 Å². The van der Waals surface area contributed by atoms with Crippen molar-refractivity contribution in [2.24, 2.45) is 0 Å². The maximum Gasteiger partial charge on any atom is 0.319 e. The number of ether oxygens (including phenoxy) is 2. The number of aromatic nitrogens is 3. The van der Waals surface area contributed by atoms with Gasteiger partial charge in [0.05, 0.1) is 18.2 Å². The zero-order chi connectivity index (χ0) is 31.7. The highest BCUT2D eigenvalue weighted by Gasteiger charge is 2.46. The van der Waals surface area contributed by atoms with Crippen molar-refractivity contribution in [1.29, 1.82) is 0 Å². The van der Waals surface area contributed by atoms with E-state index < -0.39 is 11.6 Å². The molecule has 0 radical (unpaired) electrons. The number of nitrogens with zero attached hydrogens (tertiary/aromatic N) is 5. The van der Waals surface area contributed by atoms with Crippen LogP contribution in [0.1, 0.15) is 37.7 Å². The fraction of sp³-hybridized carbons (Fsp3) is 0.400. The van der Waals surface area contributed by atoms with Gasteiger partial charge in [0.2, 0.25) is 5.88 Å². The summed E-state index contributed by atoms with van der Waals surface area (Å²) in [5, 5.41) is 15.3. The Morgan fingerprint density at radius 1 is 1.15 bits per heavy atom. The van der Waals surface area contributed by atoms with Crippen molar-refractivity contribution >= 4 is 27.5 Å². The maximum absolute atomic E-state index is 17.0. The minimum atomic E-state index is -0.781. The van der Waals surface area contributed by atoms with Crippen molar-refractivity contribution in [2.75, 3.05) is 44.8 Å². The molecule has 46 heavy (non-hydrogen) atoms. The summed E-state index contributed by atoms with van der Waals surface area (Å²) in [6.45, 7) is 7.75. The van der Waals surface area contributed by atoms with Crippen molar-refractivity contribution in [3.63, 3.8) is 0 Å². The van der Waals surface area contributed by atoms with E-state index in [1.165, 1.54) is 36.9 Å². The first-order valence-corrected chi connectivity index (χ1v) is 15.7. The smallest absolute Gasteiger partial charge is 0.319 e. The van der Waals surface area contributed by atoms with Crippen molar-refractivity contribution in [1.82, 2.24) is 25.2 Å². The number of anilines is 1. The molecule has 4 saturated heterocycles. The van der Waals surface area contributed by atoms with Gasteiger partial charge in [-0.3, -0.25) is 4.90 Å². The third-order valence-corrected chi connectivity index (χ3v) is 10.1. The van der Waals surface area contributed by atoms with Gasteiger partial charge in [-0.25, -0.2) is 13.8 Å². The van der Waals surface area contributed by atoms with Crippen molar-refractivity contribution in [3.05, 3.63) is 53.6 Å². The standard InChI is InChI=1S/C35H34F2N6O3/c1-4-24-26(36)9-6-20-12-23(44)13-25(27(20)24)30-29(37)31-28(33(39-30)45-3)32(42-16-21-7-8-22(17-42)38-21)41-34(40-31)46-18-35-10-5-11-43(35)15-19(2)14-35/h1,6,9,12-13,21-22,38,44H,2,5,7-8,10-11,14-18H2,3H3. The van der Waals surface area contributed by atoms with Gasteiger partial charge in [0.15, 0.2) is 5.82 Å². The van der Waals surface area contributed by atoms with Crippen LogP contribution >= 0.6 is 0 Å². The number of rotatable bonds is 6. The molecule has 3 atom stereocenters. The molecule has 4 aliphatic rings. The van der Waals surface area contributed by atoms with Crippen LogP contribution in [0.25, 0.3) is 32.9 Å². The van der Waals surface area contributed by atoms with E-state index in [2.05, 4.69) is 37.6 Å². The van der Waals surface area contributed by atoms with Crippen LogP contribution in [-0.4, -0.2) is 82.5 Å². The topological polar surface area (TPSA) is 95.9 Å². The molecule has 9 nitrogen and oxygen atoms in total. The number of nitrogens with one attached hydrogen (secondary N) is 1. The lowest BCUT2D eigenvalue weighted by molar-refractivity contribution is 0.108. The molecule has 4 fully saturated rings. The number of fused-ring (bicyclic) bond motifs is 5. The number of benzene rings is 2. The average Bonchev–Trinajstić information content (AvgIpc) is 3.70. The van der Waals surface area contributed by atoms with Gasteiger partial charge in [0, 0.05) is 42.7 Å². The lowest BCUT2D eigenvalue weighted by atomic mass is 9.94. The Labute approximate surface area is 265 Å². The first kappa shape index (κ1) is 28.9. The van der Waals surface area contributed by atoms with Crippen molar-refractivity contribution in [2.45, 2.75) is 49.7 Å². The zero-order valence-corrected chi connectivity index (χ0v) is 25.6. The minimum Gasteiger partial charge on any atom is -0.508 e. The third-order valence-electron chi connectivity index (χ3n) is 10.1. The summed E-state index contributed by atoms with van der Waals surface area (Å²) in [6, 6.07) is 6.10. The van der Waals surface area contributed by atoms with Crippen LogP contribution < -0.4 is 19.7 Å². The molecule has 4 aliphatic heterocycles. The number of hydrogen-bond donors (Lipinski definition) is 2. The Morgan fingerprint density at radius 3 is 2.72 bits per heavy atom. The highest BCUT2D eigenvalue weighted by Crippen LogP contribution is 2.44. The molecular weight excluding hydrogens is 590 g/mol. The zero-order valence-electron chi connectivity index (χ0n) is 25.6. The van der Waals surface area contributed by atoms with E-state index >= 15 is 4.39 Å². The second-order valence-electron chi connectivity index (χ2n) is 13.0. The number of terminal acetylenes is 1. The normalized spacial score (nSPS) is 24.1. The van der Waals surface area contributed by atoms with Crippen molar-refractivity contribution < 1.29 is 23.4 Å². The summed E-state index contributed by atoms with van der Waals surface area (Å²) in [7, 11) is 1.45. The van der Waals surface area contributed by atoms with E-state index in [1.807, 2.05) is 0 Å². The van der Waals surface area contributed by atoms with Gasteiger partial charge < -0.3 is 24.8 Å². The van der Waals surface area contributed by atoms with Crippen LogP contribution in [0.5, 0.6) is 17.6 Å². The van der Waals surface area contributed by atoms with Gasteiger partial charge in [0.1, 0.15) is 40.6 Å². The Kier molecular flexibility index (Phi) is 6.78. The second-order valence-corrected chi connectivity index (χ2v) is 13.0. The number of halogens is 2. The molecule has 4 aromatic rings. The summed E-state index contributed by atoms with van der Waals surface area (Å²) < 4.78 is 44.1. The van der Waals surface area contributed by atoms with E-state index in [-0.39, 0.29) is 63.0 Å². The molecule has 2 aromatic carbocycles. The predicted octanol–water partition coefficient (Wildman–Crippen LogP) is 4.93. The van der Waals surface area contributed by atoms with E-state index in [0.29, 0.717) is 36.3 Å². The SMILES string of the molecule is C#Cc1c(F)ccc2cc(O)cc(-c3nc(OC)c4c(N5CC6CCC(C5)N6)nc(OCC56CCCN5CC(=C)C6)nc4c3F)c12. The number of aromatic hydroxyl groups is 1. The molecule has 2 bridgehead atoms. The van der Waals surface area contributed by atoms with E-state index in [1.54, 1.807) is 0 Å². The van der Waals surface area contributed by atoms with Gasteiger partial charge in [-0.1, -0.05) is 24.1 Å². The summed E-state index contributed by atoms with van der Waals surface area (Å²) in [6.07, 6.45) is 10.7. The highest BCUT2D eigenvalue weighted by atomic mass is 19.1. The molecule has 2 N–H and O–H groups in total. The van der Waals surface area contributed by atoms with Gasteiger partial charge in [-0.05, 0) is 62.2 Å². The Hall–Kier alpha value is -4.53. The van der Waals surface area contributed by atoms with Gasteiger partial charge in [-0.2, -0.15) is 9.97 Å². The fourth-order valence-electron chi connectivity index (χ4n) is 8.09. The Morgan fingerprint density at radius 2 is 1.96 bits per heavy atom. The van der Waals surface area contributed by atoms with Gasteiger partial charge in [0.25, 0.3) is 0 Å². The molecular formula is C35H34F2N6O3. The maximum atomic E-state index is 17.0. The third kappa shape index (κ3) is 4.54. The largest absolute Gasteiger partial charge is 0.508 e. The molecule has 0 aliphatic carbocycles. The van der Waals surface area contributed by atoms with Crippen LogP contribution in [0.3, 0.4) is 0 Å². The monoisotopic (exact) mass is 624 g/mol. The predicted molar refractivity (Wildman–Crippen MR) is 171 cm³/mol. The summed E-state index contributed by atoms with van der Waals surface area (Å²) in [5.41, 5.74) is 0.824. The van der Waals surface area contributed by atoms with Crippen LogP contribution in [0.2, 0.25) is 0 Å². The minimum absolute atomic E-state index is 0.0421. The molecule has 8 rings (SSSR count). The molecule has 2 aromatic heterocycles. The second kappa shape index (κ2) is 10.8. The van der Waals surface area contributed by atoms with Crippen LogP contribution in [-0.2, 0) is 0 Å². The summed E-state index contributed by atoms with van der Waals surface area (Å²) in [5.74, 6) is 1.40. The van der Waals surface area contributed by atoms with E-state index in [4.69, 9.17) is 20.9 Å².